The molecule has 1 aromatic rings. The van der Waals surface area contributed by atoms with Crippen molar-refractivity contribution in [2.45, 2.75) is 52.4 Å². The van der Waals surface area contributed by atoms with Gasteiger partial charge in [0, 0.05) is 0 Å². The smallest absolute Gasteiger partial charge is 0.0206 e. The maximum atomic E-state index is 3.40. The van der Waals surface area contributed by atoms with Crippen LogP contribution in [0.1, 0.15) is 51.5 Å². The van der Waals surface area contributed by atoms with Crippen molar-refractivity contribution in [1.82, 2.24) is 0 Å². The van der Waals surface area contributed by atoms with E-state index in [1.54, 1.807) is 0 Å². The summed E-state index contributed by atoms with van der Waals surface area (Å²) in [7, 11) is 0. The lowest BCUT2D eigenvalue weighted by atomic mass is 10.1. The van der Waals surface area contributed by atoms with Gasteiger partial charge in [-0.05, 0) is 49.8 Å². The fourth-order valence-corrected chi connectivity index (χ4v) is 1.79. The van der Waals surface area contributed by atoms with Crippen LogP contribution in [-0.4, -0.2) is 0 Å². The van der Waals surface area contributed by atoms with Crippen molar-refractivity contribution < 1.29 is 0 Å². The molecule has 0 fully saturated rings. The van der Waals surface area contributed by atoms with Gasteiger partial charge in [0.2, 0.25) is 0 Å². The Kier molecular flexibility index (Phi) is 7.18. The minimum Gasteiger partial charge on any atom is -0.126 e. The Labute approximate surface area is 106 Å². The van der Waals surface area contributed by atoms with Crippen LogP contribution >= 0.6 is 0 Å². The molecule has 0 unspecified atom stereocenters. The van der Waals surface area contributed by atoms with E-state index in [1.807, 2.05) is 0 Å². The largest absolute Gasteiger partial charge is 0.126 e. The molecule has 1 rings (SSSR count). The fraction of sp³-hybridized carbons (Fsp3) is 0.471. The number of unbranched alkanes of at least 4 members (excludes halogenated alkanes) is 3. The molecular formula is C17H24. The monoisotopic (exact) mass is 228 g/mol. The van der Waals surface area contributed by atoms with Crippen LogP contribution in [0.15, 0.2) is 47.7 Å². The number of hydrogen-bond acceptors (Lipinski definition) is 0. The molecule has 0 saturated heterocycles. The van der Waals surface area contributed by atoms with Crippen molar-refractivity contribution in [2.24, 2.45) is 0 Å². The molecule has 0 atom stereocenters. The van der Waals surface area contributed by atoms with Gasteiger partial charge in [-0.15, -0.1) is 5.73 Å². The van der Waals surface area contributed by atoms with Crippen LogP contribution in [-0.2, 0) is 6.42 Å². The van der Waals surface area contributed by atoms with Gasteiger partial charge in [-0.1, -0.05) is 50.1 Å². The van der Waals surface area contributed by atoms with Crippen molar-refractivity contribution >= 4 is 0 Å². The number of rotatable bonds is 7. The Hall–Kier alpha value is -1.26. The highest BCUT2D eigenvalue weighted by Gasteiger charge is 1.92. The van der Waals surface area contributed by atoms with Crippen molar-refractivity contribution in [2.75, 3.05) is 0 Å². The molecule has 0 aliphatic carbocycles. The Morgan fingerprint density at radius 2 is 1.94 bits per heavy atom. The SMILES string of the molecule is CCCCCC=C=C(C)CCc1ccccc1. The zero-order valence-corrected chi connectivity index (χ0v) is 11.2. The van der Waals surface area contributed by atoms with Crippen molar-refractivity contribution in [3.8, 4) is 0 Å². The quantitative estimate of drug-likeness (QED) is 0.439. The predicted molar refractivity (Wildman–Crippen MR) is 76.2 cm³/mol. The van der Waals surface area contributed by atoms with E-state index in [-0.39, 0.29) is 0 Å². The van der Waals surface area contributed by atoms with Crippen LogP contribution in [0.25, 0.3) is 0 Å². The van der Waals surface area contributed by atoms with Gasteiger partial charge in [-0.25, -0.2) is 0 Å². The van der Waals surface area contributed by atoms with Gasteiger partial charge in [0.1, 0.15) is 0 Å². The average molecular weight is 228 g/mol. The van der Waals surface area contributed by atoms with E-state index in [0.717, 1.165) is 12.8 Å². The van der Waals surface area contributed by atoms with Crippen LogP contribution in [0.5, 0.6) is 0 Å². The molecule has 0 amide bonds. The molecule has 0 heterocycles. The van der Waals surface area contributed by atoms with Gasteiger partial charge in [-0.2, -0.15) is 0 Å². The van der Waals surface area contributed by atoms with Crippen molar-refractivity contribution in [3.63, 3.8) is 0 Å². The third-order valence-corrected chi connectivity index (χ3v) is 2.93. The second-order valence-electron chi connectivity index (χ2n) is 4.61. The Bertz CT molecular complexity index is 353. The molecule has 0 aromatic heterocycles. The summed E-state index contributed by atoms with van der Waals surface area (Å²) < 4.78 is 0. The minimum absolute atomic E-state index is 1.12. The number of hydrogen-bond donors (Lipinski definition) is 0. The standard InChI is InChI=1S/C17H24/c1-3-4-5-6-8-11-16(2)14-15-17-12-9-7-10-13-17/h7-10,12-13H,3-6,14-15H2,1-2H3. The molecule has 1 aromatic carbocycles. The summed E-state index contributed by atoms with van der Waals surface area (Å²) in [4.78, 5) is 0. The van der Waals surface area contributed by atoms with E-state index in [0.29, 0.717) is 0 Å². The molecule has 0 spiro atoms. The van der Waals surface area contributed by atoms with Crippen molar-refractivity contribution in [1.29, 1.82) is 0 Å². The van der Waals surface area contributed by atoms with E-state index in [9.17, 15) is 0 Å². The van der Waals surface area contributed by atoms with E-state index < -0.39 is 0 Å². The van der Waals surface area contributed by atoms with Crippen LogP contribution in [0.4, 0.5) is 0 Å². The Morgan fingerprint density at radius 1 is 1.18 bits per heavy atom. The van der Waals surface area contributed by atoms with E-state index in [1.165, 1.54) is 36.8 Å². The highest BCUT2D eigenvalue weighted by Crippen LogP contribution is 2.08. The molecule has 0 bridgehead atoms. The fourth-order valence-electron chi connectivity index (χ4n) is 1.79. The van der Waals surface area contributed by atoms with Crippen LogP contribution in [0.2, 0.25) is 0 Å². The van der Waals surface area contributed by atoms with Crippen molar-refractivity contribution in [3.05, 3.63) is 53.3 Å². The molecular weight excluding hydrogens is 204 g/mol. The van der Waals surface area contributed by atoms with Gasteiger partial charge in [-0.3, -0.25) is 0 Å². The summed E-state index contributed by atoms with van der Waals surface area (Å²) in [5, 5.41) is 0. The summed E-state index contributed by atoms with van der Waals surface area (Å²) in [5.74, 6) is 0. The van der Waals surface area contributed by atoms with Gasteiger partial charge in [0.05, 0.1) is 0 Å². The van der Waals surface area contributed by atoms with Gasteiger partial charge < -0.3 is 0 Å². The van der Waals surface area contributed by atoms with E-state index >= 15 is 0 Å². The Balaban J connectivity index is 2.28. The maximum Gasteiger partial charge on any atom is -0.0206 e. The normalized spacial score (nSPS) is 9.76. The zero-order chi connectivity index (χ0) is 12.3. The number of aryl methyl sites for hydroxylation is 1. The first kappa shape index (κ1) is 13.8. The molecule has 0 aliphatic rings. The van der Waals surface area contributed by atoms with E-state index in [2.05, 4.69) is 56.0 Å². The molecule has 0 nitrogen and oxygen atoms in total. The predicted octanol–water partition coefficient (Wildman–Crippen LogP) is 5.30. The molecule has 0 aliphatic heterocycles. The van der Waals surface area contributed by atoms with Gasteiger partial charge in [0.25, 0.3) is 0 Å². The number of benzene rings is 1. The summed E-state index contributed by atoms with van der Waals surface area (Å²) in [6.45, 7) is 4.42. The molecule has 0 heteroatoms. The van der Waals surface area contributed by atoms with E-state index in [4.69, 9.17) is 0 Å². The number of allylic oxidation sites excluding steroid dienone is 1. The first-order chi connectivity index (χ1) is 8.33. The van der Waals surface area contributed by atoms with Crippen LogP contribution in [0, 0.1) is 0 Å². The van der Waals surface area contributed by atoms with Gasteiger partial charge >= 0.3 is 0 Å². The zero-order valence-electron chi connectivity index (χ0n) is 11.2. The lowest BCUT2D eigenvalue weighted by molar-refractivity contribution is 0.729. The van der Waals surface area contributed by atoms with Crippen LogP contribution < -0.4 is 0 Å². The molecule has 92 valence electrons. The second-order valence-corrected chi connectivity index (χ2v) is 4.61. The summed E-state index contributed by atoms with van der Waals surface area (Å²) >= 11 is 0. The summed E-state index contributed by atoms with van der Waals surface area (Å²) in [5.41, 5.74) is 6.19. The highest BCUT2D eigenvalue weighted by molar-refractivity contribution is 5.16. The third kappa shape index (κ3) is 6.81. The molecule has 17 heavy (non-hydrogen) atoms. The lowest BCUT2D eigenvalue weighted by Crippen LogP contribution is -1.84. The van der Waals surface area contributed by atoms with Crippen LogP contribution in [0.3, 0.4) is 0 Å². The highest BCUT2D eigenvalue weighted by atomic mass is 14.0. The molecule has 0 N–H and O–H groups in total. The summed E-state index contributed by atoms with van der Waals surface area (Å²) in [6, 6.07) is 10.7. The van der Waals surface area contributed by atoms with Gasteiger partial charge in [0.15, 0.2) is 0 Å². The average Bonchev–Trinajstić information content (AvgIpc) is 2.37. The Morgan fingerprint density at radius 3 is 2.65 bits per heavy atom. The topological polar surface area (TPSA) is 0 Å². The third-order valence-electron chi connectivity index (χ3n) is 2.93. The second kappa shape index (κ2) is 8.84. The lowest BCUT2D eigenvalue weighted by Gasteiger charge is -1.99. The molecule has 0 radical (unpaired) electrons. The molecule has 0 saturated carbocycles. The first-order valence-electron chi connectivity index (χ1n) is 6.77. The first-order valence-corrected chi connectivity index (χ1v) is 6.77. The summed E-state index contributed by atoms with van der Waals surface area (Å²) in [6.07, 6.45) is 9.56. The minimum atomic E-state index is 1.12. The maximum absolute atomic E-state index is 3.40.